The topological polar surface area (TPSA) is 48.5 Å². The molecular weight excluding hydrogens is 1240 g/mol. The molecule has 18 aromatic rings. The standard InChI is InChI=1S/C93H65N5Si2/c1-7-31-66(32-8-1)70-39-27-47-77(59-70)99(75-43-15-5-16-44-75,78-48-28-40-71(60-78)67-33-9-2-10-34-67)81-63-74(91-94-92(97-87-55-23-19-51-83(87)84-52-20-24-56-88(84)97)96-93(95-91)98-89-57-25-21-53-85(89)86-54-22-26-58-90(86)98)64-82(65-81)100(76-45-17-6-18-46-76,79-49-29-41-72(61-79)68-35-11-3-12-36-68)80-50-30-42-73(62-80)69-37-13-4-14-38-69/h1-65H. The van der Waals surface area contributed by atoms with Gasteiger partial charge in [0, 0.05) is 27.1 Å². The Hall–Kier alpha value is -12.7. The molecule has 470 valence electrons. The number of rotatable bonds is 15. The molecule has 0 fully saturated rings. The highest BCUT2D eigenvalue weighted by Gasteiger charge is 2.47. The van der Waals surface area contributed by atoms with Crippen molar-refractivity contribution in [3.05, 3.63) is 394 Å². The Bertz CT molecular complexity index is 5400. The van der Waals surface area contributed by atoms with Crippen molar-refractivity contribution >= 4 is 101 Å². The van der Waals surface area contributed by atoms with Crippen LogP contribution in [0.2, 0.25) is 0 Å². The summed E-state index contributed by atoms with van der Waals surface area (Å²) in [6.07, 6.45) is 0. The summed E-state index contributed by atoms with van der Waals surface area (Å²) in [5.74, 6) is 1.58. The Morgan fingerprint density at radius 1 is 0.170 bits per heavy atom. The van der Waals surface area contributed by atoms with Crippen molar-refractivity contribution in [3.8, 4) is 67.8 Å². The van der Waals surface area contributed by atoms with Gasteiger partial charge in [0.1, 0.15) is 0 Å². The summed E-state index contributed by atoms with van der Waals surface area (Å²) in [5.41, 5.74) is 14.1. The summed E-state index contributed by atoms with van der Waals surface area (Å²) in [6.45, 7) is 0. The number of nitrogens with zero attached hydrogens (tertiary/aromatic N) is 5. The molecule has 0 N–H and O–H groups in total. The molecule has 0 aliphatic heterocycles. The highest BCUT2D eigenvalue weighted by atomic mass is 28.3. The first kappa shape index (κ1) is 59.8. The van der Waals surface area contributed by atoms with Crippen molar-refractivity contribution in [2.24, 2.45) is 0 Å². The first-order chi connectivity index (χ1) is 49.6. The Kier molecular flexibility index (Phi) is 15.2. The van der Waals surface area contributed by atoms with Crippen molar-refractivity contribution < 1.29 is 0 Å². The number of hydrogen-bond acceptors (Lipinski definition) is 3. The van der Waals surface area contributed by atoms with E-state index >= 15 is 0 Å². The molecule has 18 rings (SSSR count). The summed E-state index contributed by atoms with van der Waals surface area (Å²) in [6, 6.07) is 146. The fraction of sp³-hybridized carbons (Fsp3) is 0. The van der Waals surface area contributed by atoms with Gasteiger partial charge in [-0.1, -0.05) is 370 Å². The lowest BCUT2D eigenvalue weighted by Crippen LogP contribution is -2.78. The van der Waals surface area contributed by atoms with Crippen molar-refractivity contribution in [2.45, 2.75) is 0 Å². The van der Waals surface area contributed by atoms with Gasteiger partial charge in [-0.15, -0.1) is 0 Å². The highest BCUT2D eigenvalue weighted by molar-refractivity contribution is 7.22. The minimum Gasteiger partial charge on any atom is -0.278 e. The predicted octanol–water partition coefficient (Wildman–Crippen LogP) is 17.2. The lowest BCUT2D eigenvalue weighted by molar-refractivity contribution is 0.893. The van der Waals surface area contributed by atoms with Gasteiger partial charge in [-0.25, -0.2) is 0 Å². The van der Waals surface area contributed by atoms with Crippen molar-refractivity contribution in [1.82, 2.24) is 24.1 Å². The Morgan fingerprint density at radius 3 is 0.690 bits per heavy atom. The first-order valence-corrected chi connectivity index (χ1v) is 38.2. The zero-order chi connectivity index (χ0) is 66.4. The Labute approximate surface area is 583 Å². The van der Waals surface area contributed by atoms with Crippen molar-refractivity contribution in [3.63, 3.8) is 0 Å². The van der Waals surface area contributed by atoms with Gasteiger partial charge in [-0.3, -0.25) is 9.13 Å². The second-order valence-corrected chi connectivity index (χ2v) is 33.4. The zero-order valence-electron chi connectivity index (χ0n) is 54.8. The van der Waals surface area contributed by atoms with E-state index in [1.807, 2.05) is 0 Å². The van der Waals surface area contributed by atoms with Gasteiger partial charge < -0.3 is 0 Å². The molecule has 3 heterocycles. The van der Waals surface area contributed by atoms with Crippen LogP contribution in [0.3, 0.4) is 0 Å². The van der Waals surface area contributed by atoms with E-state index in [1.54, 1.807) is 0 Å². The first-order valence-electron chi connectivity index (χ1n) is 34.2. The molecule has 0 atom stereocenters. The lowest BCUT2D eigenvalue weighted by atomic mass is 10.1. The molecule has 3 aromatic heterocycles. The number of benzene rings is 15. The van der Waals surface area contributed by atoms with E-state index in [0.717, 1.165) is 93.7 Å². The van der Waals surface area contributed by atoms with Crippen LogP contribution in [0.1, 0.15) is 0 Å². The number of para-hydroxylation sites is 4. The fourth-order valence-corrected chi connectivity index (χ4v) is 25.7. The third kappa shape index (κ3) is 10.3. The van der Waals surface area contributed by atoms with Crippen LogP contribution in [0.4, 0.5) is 0 Å². The molecule has 0 radical (unpaired) electrons. The van der Waals surface area contributed by atoms with Gasteiger partial charge in [0.25, 0.3) is 0 Å². The maximum absolute atomic E-state index is 5.97. The SMILES string of the molecule is c1ccc(-c2cccc([Si](c3ccccc3)(c3cccc(-c4ccccc4)c3)c3cc(-c4nc(-n5c6ccccc6c6ccccc65)nc(-n5c6ccccc6c6ccccc65)n4)cc([Si](c4ccccc4)(c4cccc(-c5ccccc5)c4)c4cccc(-c5ccccc5)c4)c3)c2)cc1. The van der Waals surface area contributed by atoms with E-state index in [9.17, 15) is 0 Å². The minimum atomic E-state index is -3.67. The predicted molar refractivity (Wildman–Crippen MR) is 423 cm³/mol. The fourth-order valence-electron chi connectivity index (χ4n) is 15.8. The third-order valence-electron chi connectivity index (χ3n) is 20.3. The van der Waals surface area contributed by atoms with Crippen LogP contribution < -0.4 is 41.5 Å². The molecule has 0 saturated carbocycles. The van der Waals surface area contributed by atoms with E-state index in [1.165, 1.54) is 41.5 Å². The molecule has 0 unspecified atom stereocenters. The number of hydrogen-bond donors (Lipinski definition) is 0. The number of fused-ring (bicyclic) bond motifs is 6. The van der Waals surface area contributed by atoms with Gasteiger partial charge in [-0.2, -0.15) is 15.0 Å². The average molecular weight is 1310 g/mol. The molecule has 15 aromatic carbocycles. The minimum absolute atomic E-state index is 0.515. The maximum atomic E-state index is 5.97. The summed E-state index contributed by atoms with van der Waals surface area (Å²) in [7, 11) is -7.34. The molecular formula is C93H65N5Si2. The van der Waals surface area contributed by atoms with E-state index < -0.39 is 16.1 Å². The van der Waals surface area contributed by atoms with Crippen molar-refractivity contribution in [1.29, 1.82) is 0 Å². The van der Waals surface area contributed by atoms with Gasteiger partial charge in [0.2, 0.25) is 11.9 Å². The van der Waals surface area contributed by atoms with Gasteiger partial charge >= 0.3 is 0 Å². The summed E-state index contributed by atoms with van der Waals surface area (Å²) in [5, 5.41) is 14.3. The van der Waals surface area contributed by atoms with Crippen molar-refractivity contribution in [2.75, 3.05) is 0 Å². The van der Waals surface area contributed by atoms with Crippen LogP contribution in [0.25, 0.3) is 111 Å². The summed E-state index contributed by atoms with van der Waals surface area (Å²) >= 11 is 0. The van der Waals surface area contributed by atoms with Crippen LogP contribution in [-0.4, -0.2) is 40.2 Å². The molecule has 0 aliphatic carbocycles. The van der Waals surface area contributed by atoms with E-state index in [-0.39, 0.29) is 0 Å². The zero-order valence-corrected chi connectivity index (χ0v) is 56.8. The Balaban J connectivity index is 1.04. The normalized spacial score (nSPS) is 11.8. The monoisotopic (exact) mass is 1310 g/mol. The molecule has 7 heteroatoms. The molecule has 0 aliphatic rings. The molecule has 0 spiro atoms. The average Bonchev–Trinajstić information content (AvgIpc) is 0.873. The lowest BCUT2D eigenvalue weighted by Gasteiger charge is -2.39. The second kappa shape index (κ2) is 25.4. The summed E-state index contributed by atoms with van der Waals surface area (Å²) in [4.78, 5) is 17.7. The van der Waals surface area contributed by atoms with Crippen LogP contribution in [0, 0.1) is 0 Å². The quantitative estimate of drug-likeness (QED) is 0.0759. The van der Waals surface area contributed by atoms with Crippen LogP contribution in [0.15, 0.2) is 394 Å². The van der Waals surface area contributed by atoms with E-state index in [0.29, 0.717) is 17.7 Å². The van der Waals surface area contributed by atoms with Crippen LogP contribution >= 0.6 is 0 Å². The summed E-state index contributed by atoms with van der Waals surface area (Å²) < 4.78 is 4.50. The molecule has 0 amide bonds. The largest absolute Gasteiger partial charge is 0.278 e. The third-order valence-corrected chi connectivity index (χ3v) is 29.7. The van der Waals surface area contributed by atoms with E-state index in [2.05, 4.69) is 403 Å². The molecule has 5 nitrogen and oxygen atoms in total. The molecule has 0 saturated heterocycles. The molecule has 100 heavy (non-hydrogen) atoms. The smallest absolute Gasteiger partial charge is 0.240 e. The maximum Gasteiger partial charge on any atom is 0.240 e. The second-order valence-electron chi connectivity index (χ2n) is 25.8. The highest BCUT2D eigenvalue weighted by Crippen LogP contribution is 2.36. The van der Waals surface area contributed by atoms with Gasteiger partial charge in [0.05, 0.1) is 22.1 Å². The van der Waals surface area contributed by atoms with Crippen LogP contribution in [-0.2, 0) is 0 Å². The molecule has 0 bridgehead atoms. The van der Waals surface area contributed by atoms with Gasteiger partial charge in [0.15, 0.2) is 22.0 Å². The number of aromatic nitrogens is 5. The van der Waals surface area contributed by atoms with E-state index in [4.69, 9.17) is 15.0 Å². The van der Waals surface area contributed by atoms with Gasteiger partial charge in [-0.05, 0) is 110 Å². The van der Waals surface area contributed by atoms with Crippen LogP contribution in [0.5, 0.6) is 0 Å². The Morgan fingerprint density at radius 2 is 0.400 bits per heavy atom.